The minimum Gasteiger partial charge on any atom is -0.368 e. The molecule has 4 rings (SSSR count). The van der Waals surface area contributed by atoms with Crippen LogP contribution in [-0.4, -0.2) is 48.4 Å². The Morgan fingerprint density at radius 1 is 1.34 bits per heavy atom. The van der Waals surface area contributed by atoms with E-state index < -0.39 is 11.2 Å². The number of benzene rings is 1. The van der Waals surface area contributed by atoms with Crippen LogP contribution >= 0.6 is 11.8 Å². The number of carbonyl (C=O) groups is 2. The number of pyridine rings is 1. The minimum absolute atomic E-state index is 0.0557. The molecule has 1 aliphatic heterocycles. The van der Waals surface area contributed by atoms with E-state index in [1.807, 2.05) is 30.3 Å². The van der Waals surface area contributed by atoms with Crippen LogP contribution in [0.15, 0.2) is 35.4 Å². The van der Waals surface area contributed by atoms with E-state index in [1.54, 1.807) is 16.8 Å². The molecule has 0 bridgehead atoms. The van der Waals surface area contributed by atoms with Crippen LogP contribution in [0.3, 0.4) is 0 Å². The first-order valence-electron chi connectivity index (χ1n) is 10.3. The van der Waals surface area contributed by atoms with Gasteiger partial charge < -0.3 is 15.5 Å². The lowest BCUT2D eigenvalue weighted by atomic mass is 10.0. The molecular formula is C23H22N6O2S. The van der Waals surface area contributed by atoms with Gasteiger partial charge in [-0.3, -0.25) is 9.59 Å². The van der Waals surface area contributed by atoms with Gasteiger partial charge >= 0.3 is 0 Å². The molecule has 0 radical (unpaired) electrons. The largest absolute Gasteiger partial charge is 0.368 e. The summed E-state index contributed by atoms with van der Waals surface area (Å²) in [6.45, 7) is 8.99. The summed E-state index contributed by atoms with van der Waals surface area (Å²) in [5.74, 6) is -0.0758. The number of carbonyl (C=O) groups excluding carboxylic acids is 2. The Morgan fingerprint density at radius 2 is 2.06 bits per heavy atom. The second kappa shape index (κ2) is 8.89. The molecule has 1 atom stereocenters. The highest BCUT2D eigenvalue weighted by molar-refractivity contribution is 8.00. The third kappa shape index (κ3) is 4.12. The fraction of sp³-hybridized carbons (Fsp3) is 0.348. The van der Waals surface area contributed by atoms with Crippen LogP contribution in [0.4, 0.5) is 11.5 Å². The van der Waals surface area contributed by atoms with E-state index in [2.05, 4.69) is 10.9 Å². The van der Waals surface area contributed by atoms with Gasteiger partial charge in [-0.15, -0.1) is 0 Å². The van der Waals surface area contributed by atoms with Crippen LogP contribution in [0.1, 0.15) is 40.7 Å². The highest BCUT2D eigenvalue weighted by Gasteiger charge is 2.36. The van der Waals surface area contributed by atoms with Crippen molar-refractivity contribution in [1.82, 2.24) is 9.88 Å². The highest BCUT2D eigenvalue weighted by atomic mass is 32.2. The number of thioether (sulfide) groups is 1. The van der Waals surface area contributed by atoms with Crippen molar-refractivity contribution in [3.8, 4) is 6.07 Å². The van der Waals surface area contributed by atoms with Gasteiger partial charge in [-0.1, -0.05) is 42.1 Å². The number of piperazine rings is 1. The predicted molar refractivity (Wildman–Crippen MR) is 121 cm³/mol. The molecule has 2 fully saturated rings. The molecule has 8 nitrogen and oxygen atoms in total. The van der Waals surface area contributed by atoms with Crippen LogP contribution in [0.5, 0.6) is 0 Å². The van der Waals surface area contributed by atoms with E-state index in [1.165, 1.54) is 0 Å². The van der Waals surface area contributed by atoms with Gasteiger partial charge in [-0.05, 0) is 29.9 Å². The summed E-state index contributed by atoms with van der Waals surface area (Å²) in [7, 11) is 1.75. The third-order valence-electron chi connectivity index (χ3n) is 5.71. The number of anilines is 1. The monoisotopic (exact) mass is 446 g/mol. The topological polar surface area (TPSA) is 108 Å². The number of rotatable bonds is 6. The van der Waals surface area contributed by atoms with Crippen molar-refractivity contribution in [1.29, 1.82) is 5.26 Å². The molecule has 2 heterocycles. The number of aromatic nitrogens is 1. The number of nitriles is 1. The van der Waals surface area contributed by atoms with Gasteiger partial charge in [0.2, 0.25) is 17.5 Å². The maximum atomic E-state index is 12.3. The maximum Gasteiger partial charge on any atom is 0.241 e. The smallest absolute Gasteiger partial charge is 0.241 e. The normalized spacial score (nSPS) is 16.9. The van der Waals surface area contributed by atoms with Crippen molar-refractivity contribution in [3.05, 3.63) is 58.4 Å². The zero-order valence-corrected chi connectivity index (χ0v) is 18.4. The Labute approximate surface area is 190 Å². The number of primary amides is 1. The Hall–Kier alpha value is -3.56. The molecular weight excluding hydrogens is 424 g/mol. The summed E-state index contributed by atoms with van der Waals surface area (Å²) in [6.07, 6.45) is 1.79. The summed E-state index contributed by atoms with van der Waals surface area (Å²) in [5.41, 5.74) is 7.77. The van der Waals surface area contributed by atoms with Gasteiger partial charge in [0.05, 0.1) is 18.7 Å². The Bertz CT molecular complexity index is 1150. The van der Waals surface area contributed by atoms with Crippen molar-refractivity contribution in [2.24, 2.45) is 5.73 Å². The van der Waals surface area contributed by atoms with Crippen molar-refractivity contribution >= 4 is 35.1 Å². The fourth-order valence-electron chi connectivity index (χ4n) is 3.82. The number of hydrogen-bond donors (Lipinski definition) is 1. The van der Waals surface area contributed by atoms with Crippen molar-refractivity contribution in [2.75, 3.05) is 31.6 Å². The van der Waals surface area contributed by atoms with Gasteiger partial charge in [0.25, 0.3) is 0 Å². The summed E-state index contributed by atoms with van der Waals surface area (Å²) in [5, 5.41) is 9.64. The van der Waals surface area contributed by atoms with Crippen LogP contribution < -0.4 is 10.6 Å². The van der Waals surface area contributed by atoms with E-state index in [9.17, 15) is 14.9 Å². The second-order valence-electron chi connectivity index (χ2n) is 7.92. The highest BCUT2D eigenvalue weighted by Crippen LogP contribution is 2.51. The summed E-state index contributed by atoms with van der Waals surface area (Å²) < 4.78 is 0. The molecule has 9 heteroatoms. The van der Waals surface area contributed by atoms with Gasteiger partial charge in [0.15, 0.2) is 0 Å². The lowest BCUT2D eigenvalue weighted by Gasteiger charge is -2.34. The van der Waals surface area contributed by atoms with Gasteiger partial charge in [0, 0.05) is 20.1 Å². The third-order valence-corrected chi connectivity index (χ3v) is 6.97. The van der Waals surface area contributed by atoms with Gasteiger partial charge in [-0.25, -0.2) is 9.83 Å². The minimum atomic E-state index is -0.733. The number of amides is 2. The predicted octanol–water partition coefficient (Wildman–Crippen LogP) is 2.98. The first kappa shape index (κ1) is 21.7. The van der Waals surface area contributed by atoms with E-state index >= 15 is 0 Å². The van der Waals surface area contributed by atoms with Crippen molar-refractivity contribution in [3.63, 3.8) is 0 Å². The molecule has 1 saturated carbocycles. The molecule has 2 aliphatic rings. The Kier molecular flexibility index (Phi) is 6.02. The molecule has 1 unspecified atom stereocenters. The lowest BCUT2D eigenvalue weighted by Crippen LogP contribution is -2.49. The van der Waals surface area contributed by atoms with Crippen LogP contribution in [-0.2, 0) is 9.59 Å². The van der Waals surface area contributed by atoms with Crippen LogP contribution in [0.25, 0.3) is 4.85 Å². The molecule has 32 heavy (non-hydrogen) atoms. The van der Waals surface area contributed by atoms with Crippen LogP contribution in [0.2, 0.25) is 0 Å². The first-order chi connectivity index (χ1) is 15.4. The molecule has 1 saturated heterocycles. The van der Waals surface area contributed by atoms with Crippen LogP contribution in [0, 0.1) is 17.9 Å². The molecule has 0 spiro atoms. The molecule has 2 aromatic rings. The van der Waals surface area contributed by atoms with E-state index in [0.29, 0.717) is 46.3 Å². The number of nitrogens with zero attached hydrogens (tertiary/aromatic N) is 5. The zero-order valence-electron chi connectivity index (χ0n) is 17.6. The van der Waals surface area contributed by atoms with Gasteiger partial charge in [0.1, 0.15) is 22.2 Å². The maximum absolute atomic E-state index is 12.3. The molecule has 162 valence electrons. The molecule has 1 aromatic carbocycles. The summed E-state index contributed by atoms with van der Waals surface area (Å²) in [6, 6.07) is 11.3. The molecule has 2 amide bonds. The number of hydrogen-bond acceptors (Lipinski definition) is 6. The number of likely N-dealkylation sites (N-methyl/N-ethyl adjacent to an activating group) is 1. The fourth-order valence-corrected chi connectivity index (χ4v) is 4.87. The molecule has 2 N–H and O–H groups in total. The van der Waals surface area contributed by atoms with Crippen molar-refractivity contribution in [2.45, 2.75) is 29.0 Å². The quantitative estimate of drug-likeness (QED) is 0.540. The zero-order chi connectivity index (χ0) is 22.8. The van der Waals surface area contributed by atoms with E-state index in [-0.39, 0.29) is 18.4 Å². The molecule has 1 aliphatic carbocycles. The summed E-state index contributed by atoms with van der Waals surface area (Å²) >= 11 is 1.13. The van der Waals surface area contributed by atoms with E-state index in [4.69, 9.17) is 17.3 Å². The van der Waals surface area contributed by atoms with E-state index in [0.717, 1.165) is 24.6 Å². The molecule has 1 aromatic heterocycles. The first-order valence-corrected chi connectivity index (χ1v) is 11.2. The average Bonchev–Trinajstić information content (AvgIpc) is 3.63. The Morgan fingerprint density at radius 3 is 2.62 bits per heavy atom. The summed E-state index contributed by atoms with van der Waals surface area (Å²) in [4.78, 5) is 36.5. The lowest BCUT2D eigenvalue weighted by molar-refractivity contribution is -0.129. The SMILES string of the molecule is [C-]#[N+]c1c(N2CCN(C)C(=O)C2)nc(SC(C(N)=O)c2ccccc2)c(C#N)c1C1CC1. The number of nitrogens with two attached hydrogens (primary N) is 1. The van der Waals surface area contributed by atoms with Gasteiger partial charge in [-0.2, -0.15) is 5.26 Å². The second-order valence-corrected chi connectivity index (χ2v) is 9.02. The van der Waals surface area contributed by atoms with Crippen molar-refractivity contribution < 1.29 is 9.59 Å². The standard InChI is InChI=1S/C23H22N6O2S/c1-26-19-18(14-8-9-14)16(12-24)23(27-22(19)29-11-10-28(2)17(30)13-29)32-20(21(25)31)15-6-4-3-5-7-15/h3-7,14,20H,8-11,13H2,2H3,(H2,25,31). The Balaban J connectivity index is 1.84. The average molecular weight is 447 g/mol.